The molecule has 31 heavy (non-hydrogen) atoms. The maximum Gasteiger partial charge on any atom is 0.237 e. The van der Waals surface area contributed by atoms with E-state index < -0.39 is 54.9 Å². The molecule has 0 aromatic carbocycles. The molecule has 12 atom stereocenters. The molecule has 0 aromatic heterocycles. The zero-order valence-electron chi connectivity index (χ0n) is 18.1. The molecule has 176 valence electrons. The maximum atomic E-state index is 10.5. The van der Waals surface area contributed by atoms with Crippen LogP contribution in [0.2, 0.25) is 0 Å². The summed E-state index contributed by atoms with van der Waals surface area (Å²) in [5, 5.41) is 40.4. The van der Waals surface area contributed by atoms with Gasteiger partial charge in [0, 0.05) is 24.2 Å². The highest BCUT2D eigenvalue weighted by molar-refractivity contribution is 5.80. The topological polar surface area (TPSA) is 139 Å². The first-order valence-electron chi connectivity index (χ1n) is 11.3. The van der Waals surface area contributed by atoms with Crippen molar-refractivity contribution in [1.82, 2.24) is 0 Å². The van der Waals surface area contributed by atoms with Crippen LogP contribution in [0.15, 0.2) is 4.99 Å². The first-order valence-corrected chi connectivity index (χ1v) is 11.3. The Kier molecular flexibility index (Phi) is 5.38. The Morgan fingerprint density at radius 1 is 1.03 bits per heavy atom. The van der Waals surface area contributed by atoms with Crippen molar-refractivity contribution in [3.8, 4) is 0 Å². The van der Waals surface area contributed by atoms with E-state index in [4.69, 9.17) is 24.0 Å². The van der Waals surface area contributed by atoms with Crippen molar-refractivity contribution in [3.05, 3.63) is 0 Å². The fourth-order valence-electron chi connectivity index (χ4n) is 6.29. The van der Waals surface area contributed by atoms with Crippen molar-refractivity contribution in [1.29, 1.82) is 0 Å². The van der Waals surface area contributed by atoms with E-state index in [1.54, 1.807) is 0 Å². The third-order valence-corrected chi connectivity index (χ3v) is 8.14. The fraction of sp³-hybridized carbons (Fsp3) is 0.952. The second-order valence-electron chi connectivity index (χ2n) is 10.0. The summed E-state index contributed by atoms with van der Waals surface area (Å²) in [6.45, 7) is 5.53. The number of hydrogen-bond donors (Lipinski definition) is 4. The van der Waals surface area contributed by atoms with Crippen molar-refractivity contribution >= 4 is 5.90 Å². The molecule has 1 saturated carbocycles. The third-order valence-electron chi connectivity index (χ3n) is 8.14. The van der Waals surface area contributed by atoms with E-state index in [-0.39, 0.29) is 17.8 Å². The van der Waals surface area contributed by atoms with Gasteiger partial charge < -0.3 is 34.6 Å². The number of fused-ring (bicyclic) bond motifs is 2. The zero-order valence-corrected chi connectivity index (χ0v) is 18.1. The lowest BCUT2D eigenvalue weighted by molar-refractivity contribution is -0.557. The molecule has 1 spiro atoms. The van der Waals surface area contributed by atoms with Crippen LogP contribution in [0.3, 0.4) is 0 Å². The zero-order chi connectivity index (χ0) is 22.1. The summed E-state index contributed by atoms with van der Waals surface area (Å²) in [4.78, 5) is 16.4. The number of nitrogens with zero attached hydrogens (tertiary/aromatic N) is 1. The fourth-order valence-corrected chi connectivity index (χ4v) is 6.29. The highest BCUT2D eigenvalue weighted by Crippen LogP contribution is 2.59. The van der Waals surface area contributed by atoms with E-state index in [1.165, 1.54) is 0 Å². The summed E-state index contributed by atoms with van der Waals surface area (Å²) in [6, 6.07) is -1.15. The number of aliphatic hydroxyl groups is 4. The van der Waals surface area contributed by atoms with Crippen LogP contribution in [0.25, 0.3) is 0 Å². The van der Waals surface area contributed by atoms with Crippen LogP contribution in [0.1, 0.15) is 46.5 Å². The lowest BCUT2D eigenvalue weighted by Gasteiger charge is -2.58. The Balaban J connectivity index is 1.49. The summed E-state index contributed by atoms with van der Waals surface area (Å²) < 4.78 is 17.8. The molecule has 1 aliphatic carbocycles. The molecule has 6 fully saturated rings. The quantitative estimate of drug-likeness (QED) is 0.437. The molecule has 5 heterocycles. The third kappa shape index (κ3) is 3.18. The Morgan fingerprint density at radius 3 is 2.55 bits per heavy atom. The largest absolute Gasteiger partial charge is 0.448 e. The van der Waals surface area contributed by atoms with Crippen LogP contribution in [0.4, 0.5) is 0 Å². The number of aliphatic imine (C=N–C) groups is 1. The molecular formula is C21H33NO9. The Labute approximate surface area is 181 Å². The van der Waals surface area contributed by atoms with Gasteiger partial charge in [-0.1, -0.05) is 13.8 Å². The second-order valence-corrected chi connectivity index (χ2v) is 10.0. The maximum absolute atomic E-state index is 10.5. The van der Waals surface area contributed by atoms with E-state index in [2.05, 4.69) is 11.9 Å². The lowest BCUT2D eigenvalue weighted by atomic mass is 9.58. The molecular weight excluding hydrogens is 410 g/mol. The normalized spacial score (nSPS) is 57.8. The summed E-state index contributed by atoms with van der Waals surface area (Å²) in [5.74, 6) is -0.112. The van der Waals surface area contributed by atoms with Gasteiger partial charge in [0.25, 0.3) is 0 Å². The molecule has 2 bridgehead atoms. The molecule has 10 heteroatoms. The van der Waals surface area contributed by atoms with Gasteiger partial charge >= 0.3 is 0 Å². The SMILES string of the molecule is C[C@@H]1CCC2[C@@H](C)C(=NC3[C@H](O)O[C@@H](CO)[C@H](O)[C@H]3O)O[C@@H]3OC4(C)CCC1C23OO4. The molecule has 5 saturated heterocycles. The summed E-state index contributed by atoms with van der Waals surface area (Å²) >= 11 is 0. The monoisotopic (exact) mass is 443 g/mol. The van der Waals surface area contributed by atoms with Crippen molar-refractivity contribution < 1.29 is 44.4 Å². The van der Waals surface area contributed by atoms with Crippen molar-refractivity contribution in [2.24, 2.45) is 28.7 Å². The van der Waals surface area contributed by atoms with E-state index in [0.29, 0.717) is 18.2 Å². The van der Waals surface area contributed by atoms with E-state index in [1.807, 2.05) is 13.8 Å². The van der Waals surface area contributed by atoms with E-state index in [9.17, 15) is 20.4 Å². The molecule has 5 aliphatic heterocycles. The molecule has 6 rings (SSSR count). The average molecular weight is 443 g/mol. The Morgan fingerprint density at radius 2 is 1.81 bits per heavy atom. The minimum Gasteiger partial charge on any atom is -0.448 e. The van der Waals surface area contributed by atoms with Gasteiger partial charge in [0.15, 0.2) is 17.8 Å². The van der Waals surface area contributed by atoms with Crippen LogP contribution in [0.5, 0.6) is 0 Å². The molecule has 6 aliphatic rings. The van der Waals surface area contributed by atoms with Crippen molar-refractivity contribution in [3.63, 3.8) is 0 Å². The van der Waals surface area contributed by atoms with Crippen molar-refractivity contribution in [2.75, 3.05) is 6.61 Å². The summed E-state index contributed by atoms with van der Waals surface area (Å²) in [7, 11) is 0. The molecule has 5 unspecified atom stereocenters. The average Bonchev–Trinajstić information content (AvgIpc) is 2.97. The predicted molar refractivity (Wildman–Crippen MR) is 104 cm³/mol. The van der Waals surface area contributed by atoms with Gasteiger partial charge in [0.05, 0.1) is 6.61 Å². The lowest BCUT2D eigenvalue weighted by Crippen LogP contribution is -2.70. The first-order chi connectivity index (χ1) is 14.7. The highest BCUT2D eigenvalue weighted by atomic mass is 17.3. The van der Waals surface area contributed by atoms with E-state index in [0.717, 1.165) is 19.3 Å². The van der Waals surface area contributed by atoms with Gasteiger partial charge in [-0.2, -0.15) is 0 Å². The first kappa shape index (κ1) is 22.0. The smallest absolute Gasteiger partial charge is 0.237 e. The minimum atomic E-state index is -1.49. The number of rotatable bonds is 2. The number of hydrogen-bond acceptors (Lipinski definition) is 10. The summed E-state index contributed by atoms with van der Waals surface area (Å²) in [6.07, 6.45) is -2.57. The molecule has 4 N–H and O–H groups in total. The van der Waals surface area contributed by atoms with Crippen LogP contribution < -0.4 is 0 Å². The minimum absolute atomic E-state index is 0.0164. The molecule has 10 nitrogen and oxygen atoms in total. The van der Waals surface area contributed by atoms with Crippen molar-refractivity contribution in [2.45, 2.75) is 94.8 Å². The Hall–Kier alpha value is -0.850. The van der Waals surface area contributed by atoms with Gasteiger partial charge in [0.1, 0.15) is 24.4 Å². The predicted octanol–water partition coefficient (Wildman–Crippen LogP) is 0.0667. The van der Waals surface area contributed by atoms with Crippen LogP contribution in [0, 0.1) is 23.7 Å². The Bertz CT molecular complexity index is 736. The van der Waals surface area contributed by atoms with Gasteiger partial charge in [-0.15, -0.1) is 0 Å². The van der Waals surface area contributed by atoms with Crippen LogP contribution in [-0.2, 0) is 24.0 Å². The summed E-state index contributed by atoms with van der Waals surface area (Å²) in [5.41, 5.74) is -0.742. The highest BCUT2D eigenvalue weighted by Gasteiger charge is 2.69. The van der Waals surface area contributed by atoms with E-state index >= 15 is 0 Å². The van der Waals surface area contributed by atoms with Gasteiger partial charge in [-0.05, 0) is 32.1 Å². The standard InChI is InChI=1S/C21H33NO9/c1-9-4-5-12-10(2)17(22-14-16(25)15(24)13(8-23)27-18(14)26)28-19-21(12)11(9)6-7-20(3,29-19)30-31-21/h9-16,18-19,23-26H,4-8H2,1-3H3/t9-,10-,11?,12?,13+,14?,15+,16+,18-,19-,20?,21?/m1/s1. The van der Waals surface area contributed by atoms with Crippen LogP contribution in [-0.4, -0.2) is 81.3 Å². The number of ether oxygens (including phenoxy) is 3. The van der Waals surface area contributed by atoms with Crippen LogP contribution >= 0.6 is 0 Å². The van der Waals surface area contributed by atoms with Gasteiger partial charge in [0.2, 0.25) is 12.1 Å². The molecule has 0 amide bonds. The van der Waals surface area contributed by atoms with Gasteiger partial charge in [-0.3, -0.25) is 0 Å². The second kappa shape index (κ2) is 7.59. The molecule has 0 aromatic rings. The van der Waals surface area contributed by atoms with Gasteiger partial charge in [-0.25, -0.2) is 14.8 Å². The molecule has 0 radical (unpaired) electrons. The number of aliphatic hydroxyl groups excluding tert-OH is 4.